The highest BCUT2D eigenvalue weighted by atomic mass is 16.2. The van der Waals surface area contributed by atoms with E-state index in [1.165, 1.54) is 0 Å². The molecule has 2 amide bonds. The average Bonchev–Trinajstić information content (AvgIpc) is 3.03. The lowest BCUT2D eigenvalue weighted by molar-refractivity contribution is -0.127. The first-order chi connectivity index (χ1) is 14.0. The number of hydrogen-bond donors (Lipinski definition) is 1. The second-order valence-corrected chi connectivity index (χ2v) is 7.48. The van der Waals surface area contributed by atoms with E-state index < -0.39 is 6.04 Å². The number of para-hydroxylation sites is 1. The van der Waals surface area contributed by atoms with Crippen molar-refractivity contribution in [3.05, 3.63) is 59.0 Å². The van der Waals surface area contributed by atoms with Crippen molar-refractivity contribution in [2.75, 3.05) is 13.1 Å². The third-order valence-corrected chi connectivity index (χ3v) is 5.39. The number of hydrogen-bond acceptors (Lipinski definition) is 4. The first-order valence-corrected chi connectivity index (χ1v) is 9.96. The van der Waals surface area contributed by atoms with Gasteiger partial charge < -0.3 is 10.2 Å². The Kier molecular flexibility index (Phi) is 5.05. The van der Waals surface area contributed by atoms with E-state index in [0.29, 0.717) is 31.6 Å². The van der Waals surface area contributed by atoms with Gasteiger partial charge in [-0.25, -0.2) is 0 Å². The zero-order valence-corrected chi connectivity index (χ0v) is 17.0. The van der Waals surface area contributed by atoms with Gasteiger partial charge in [0.25, 0.3) is 5.91 Å². The van der Waals surface area contributed by atoms with Crippen LogP contribution in [0.2, 0.25) is 0 Å². The molecule has 1 saturated heterocycles. The van der Waals surface area contributed by atoms with Gasteiger partial charge in [-0.15, -0.1) is 0 Å². The number of carbonyl (C=O) groups excluding carboxylic acids is 2. The van der Waals surface area contributed by atoms with Gasteiger partial charge in [0, 0.05) is 24.2 Å². The maximum atomic E-state index is 13.5. The summed E-state index contributed by atoms with van der Waals surface area (Å²) >= 11 is 0. The molecular weight excluding hydrogens is 366 g/mol. The molecule has 0 unspecified atom stereocenters. The van der Waals surface area contributed by atoms with Gasteiger partial charge in [-0.3, -0.25) is 19.3 Å². The molecule has 0 saturated carbocycles. The van der Waals surface area contributed by atoms with Crippen LogP contribution in [0.25, 0.3) is 10.9 Å². The number of aryl methyl sites for hydroxylation is 2. The molecule has 150 valence electrons. The van der Waals surface area contributed by atoms with E-state index >= 15 is 0 Å². The van der Waals surface area contributed by atoms with Gasteiger partial charge in [0.2, 0.25) is 5.91 Å². The Morgan fingerprint density at radius 1 is 1.24 bits per heavy atom. The molecule has 0 aliphatic carbocycles. The number of carbonyl (C=O) groups is 2. The van der Waals surface area contributed by atoms with Crippen molar-refractivity contribution in [2.45, 2.75) is 39.8 Å². The SMILES string of the molecule is CC[C@H]1C(=O)NCCN1C(=O)c1cc(Cn2nc(C)cc2C)nc2ccccc12. The van der Waals surface area contributed by atoms with E-state index in [-0.39, 0.29) is 11.8 Å². The topological polar surface area (TPSA) is 80.1 Å². The van der Waals surface area contributed by atoms with Crippen LogP contribution in [-0.4, -0.2) is 50.6 Å². The van der Waals surface area contributed by atoms with Crippen molar-refractivity contribution in [1.82, 2.24) is 25.0 Å². The predicted molar refractivity (Wildman–Crippen MR) is 111 cm³/mol. The molecule has 4 rings (SSSR count). The van der Waals surface area contributed by atoms with Crippen LogP contribution in [0.1, 0.15) is 40.8 Å². The maximum absolute atomic E-state index is 13.5. The lowest BCUT2D eigenvalue weighted by atomic mass is 10.0. The Morgan fingerprint density at radius 2 is 2.03 bits per heavy atom. The second kappa shape index (κ2) is 7.66. The maximum Gasteiger partial charge on any atom is 0.255 e. The number of aromatic nitrogens is 3. The zero-order chi connectivity index (χ0) is 20.5. The molecule has 1 aromatic carbocycles. The third kappa shape index (κ3) is 3.60. The van der Waals surface area contributed by atoms with Gasteiger partial charge in [0.1, 0.15) is 6.04 Å². The summed E-state index contributed by atoms with van der Waals surface area (Å²) in [7, 11) is 0. The van der Waals surface area contributed by atoms with Crippen LogP contribution in [0.4, 0.5) is 0 Å². The van der Waals surface area contributed by atoms with E-state index in [1.54, 1.807) is 4.90 Å². The number of benzene rings is 1. The number of nitrogens with zero attached hydrogens (tertiary/aromatic N) is 4. The summed E-state index contributed by atoms with van der Waals surface area (Å²) < 4.78 is 1.89. The van der Waals surface area contributed by atoms with Crippen LogP contribution in [0.3, 0.4) is 0 Å². The number of nitrogens with one attached hydrogen (secondary N) is 1. The normalized spacial score (nSPS) is 16.9. The molecule has 0 bridgehead atoms. The average molecular weight is 391 g/mol. The summed E-state index contributed by atoms with van der Waals surface area (Å²) in [5, 5.41) is 8.17. The molecule has 1 fully saturated rings. The van der Waals surface area contributed by atoms with Crippen molar-refractivity contribution < 1.29 is 9.59 Å². The number of piperazine rings is 1. The molecule has 29 heavy (non-hydrogen) atoms. The first-order valence-electron chi connectivity index (χ1n) is 9.96. The fourth-order valence-corrected chi connectivity index (χ4v) is 3.99. The fourth-order valence-electron chi connectivity index (χ4n) is 3.99. The van der Waals surface area contributed by atoms with E-state index in [0.717, 1.165) is 28.0 Å². The fraction of sp³-hybridized carbons (Fsp3) is 0.364. The summed E-state index contributed by atoms with van der Waals surface area (Å²) in [5.74, 6) is -0.215. The van der Waals surface area contributed by atoms with E-state index in [4.69, 9.17) is 4.98 Å². The van der Waals surface area contributed by atoms with Crippen LogP contribution in [0, 0.1) is 13.8 Å². The minimum absolute atomic E-state index is 0.0895. The summed E-state index contributed by atoms with van der Waals surface area (Å²) in [6.45, 7) is 7.36. The first kappa shape index (κ1) is 19.1. The minimum Gasteiger partial charge on any atom is -0.353 e. The standard InChI is InChI=1S/C22H25N5O2/c1-4-20-21(28)23-9-10-26(20)22(29)18-12-16(13-27-15(3)11-14(2)25-27)24-19-8-6-5-7-17(18)19/h5-8,11-12,20H,4,9-10,13H2,1-3H3,(H,23,28)/t20-/m0/s1. The van der Waals surface area contributed by atoms with Gasteiger partial charge in [-0.2, -0.15) is 5.10 Å². The van der Waals surface area contributed by atoms with Gasteiger partial charge in [0.15, 0.2) is 0 Å². The van der Waals surface area contributed by atoms with Crippen molar-refractivity contribution in [3.63, 3.8) is 0 Å². The van der Waals surface area contributed by atoms with Gasteiger partial charge in [-0.05, 0) is 38.5 Å². The Balaban J connectivity index is 1.77. The molecule has 1 aliphatic rings. The summed E-state index contributed by atoms with van der Waals surface area (Å²) in [5.41, 5.74) is 4.12. The predicted octanol–water partition coefficient (Wildman–Crippen LogP) is 2.45. The highest BCUT2D eigenvalue weighted by molar-refractivity contribution is 6.07. The molecule has 1 aliphatic heterocycles. The monoisotopic (exact) mass is 391 g/mol. The Bertz CT molecular complexity index is 1090. The van der Waals surface area contributed by atoms with E-state index in [2.05, 4.69) is 10.4 Å². The molecule has 1 atom stereocenters. The molecule has 0 radical (unpaired) electrons. The Labute approximate surface area is 169 Å². The quantitative estimate of drug-likeness (QED) is 0.741. The molecule has 3 aromatic rings. The van der Waals surface area contributed by atoms with Crippen molar-refractivity contribution in [1.29, 1.82) is 0 Å². The Hall–Kier alpha value is -3.22. The van der Waals surface area contributed by atoms with E-state index in [9.17, 15) is 9.59 Å². The van der Waals surface area contributed by atoms with Crippen molar-refractivity contribution in [2.24, 2.45) is 0 Å². The van der Waals surface area contributed by atoms with Gasteiger partial charge >= 0.3 is 0 Å². The zero-order valence-electron chi connectivity index (χ0n) is 17.0. The number of pyridine rings is 1. The van der Waals surface area contributed by atoms with Crippen molar-refractivity contribution >= 4 is 22.7 Å². The summed E-state index contributed by atoms with van der Waals surface area (Å²) in [4.78, 5) is 32.2. The molecule has 0 spiro atoms. The second-order valence-electron chi connectivity index (χ2n) is 7.48. The highest BCUT2D eigenvalue weighted by Gasteiger charge is 2.33. The molecule has 7 heteroatoms. The highest BCUT2D eigenvalue weighted by Crippen LogP contribution is 2.23. The lowest BCUT2D eigenvalue weighted by Gasteiger charge is -2.34. The third-order valence-electron chi connectivity index (χ3n) is 5.39. The molecule has 2 aromatic heterocycles. The Morgan fingerprint density at radius 3 is 2.76 bits per heavy atom. The molecular formula is C22H25N5O2. The van der Waals surface area contributed by atoms with Gasteiger partial charge in [0.05, 0.1) is 29.0 Å². The van der Waals surface area contributed by atoms with E-state index in [1.807, 2.05) is 61.9 Å². The smallest absolute Gasteiger partial charge is 0.255 e. The van der Waals surface area contributed by atoms with Crippen LogP contribution < -0.4 is 5.32 Å². The number of amides is 2. The minimum atomic E-state index is -0.442. The van der Waals surface area contributed by atoms with Crippen molar-refractivity contribution in [3.8, 4) is 0 Å². The largest absolute Gasteiger partial charge is 0.353 e. The van der Waals surface area contributed by atoms with Crippen LogP contribution in [-0.2, 0) is 11.3 Å². The van der Waals surface area contributed by atoms with Crippen LogP contribution >= 0.6 is 0 Å². The summed E-state index contributed by atoms with van der Waals surface area (Å²) in [6, 6.07) is 11.1. The molecule has 7 nitrogen and oxygen atoms in total. The number of rotatable bonds is 4. The summed E-state index contributed by atoms with van der Waals surface area (Å²) in [6.07, 6.45) is 0.583. The molecule has 1 N–H and O–H groups in total. The molecule has 3 heterocycles. The van der Waals surface area contributed by atoms with Crippen LogP contribution in [0.5, 0.6) is 0 Å². The van der Waals surface area contributed by atoms with Gasteiger partial charge in [-0.1, -0.05) is 25.1 Å². The van der Waals surface area contributed by atoms with Crippen LogP contribution in [0.15, 0.2) is 36.4 Å². The number of fused-ring (bicyclic) bond motifs is 1. The lowest BCUT2D eigenvalue weighted by Crippen LogP contribution is -2.56.